The predicted octanol–water partition coefficient (Wildman–Crippen LogP) is 4.66. The summed E-state index contributed by atoms with van der Waals surface area (Å²) in [5.41, 5.74) is 5.06. The molecule has 6 heteroatoms. The van der Waals surface area contributed by atoms with Crippen molar-refractivity contribution in [1.29, 1.82) is 5.26 Å². The molecule has 6 nitrogen and oxygen atoms in total. The molecule has 3 rings (SSSR count). The topological polar surface area (TPSA) is 73.1 Å². The van der Waals surface area contributed by atoms with Gasteiger partial charge >= 0.3 is 0 Å². The third-order valence-electron chi connectivity index (χ3n) is 6.69. The zero-order valence-corrected chi connectivity index (χ0v) is 20.1. The van der Waals surface area contributed by atoms with E-state index in [0.717, 1.165) is 62.4 Å². The quantitative estimate of drug-likeness (QED) is 0.635. The second-order valence-electron chi connectivity index (χ2n) is 8.68. The number of amides is 1. The Morgan fingerprint density at radius 1 is 1.19 bits per heavy atom. The van der Waals surface area contributed by atoms with Crippen molar-refractivity contribution in [1.82, 2.24) is 19.8 Å². The molecule has 0 bridgehead atoms. The van der Waals surface area contributed by atoms with E-state index in [2.05, 4.69) is 59.9 Å². The molecule has 1 aromatic carbocycles. The first-order valence-electron chi connectivity index (χ1n) is 11.8. The molecule has 1 amide bonds. The summed E-state index contributed by atoms with van der Waals surface area (Å²) < 4.78 is 0. The van der Waals surface area contributed by atoms with E-state index in [-0.39, 0.29) is 23.7 Å². The lowest BCUT2D eigenvalue weighted by molar-refractivity contribution is -0.137. The van der Waals surface area contributed by atoms with Crippen LogP contribution in [0.3, 0.4) is 0 Å². The summed E-state index contributed by atoms with van der Waals surface area (Å²) in [6.45, 7) is 13.6. The van der Waals surface area contributed by atoms with Crippen LogP contribution in [0.4, 0.5) is 0 Å². The van der Waals surface area contributed by atoms with Crippen molar-refractivity contribution in [2.75, 3.05) is 26.2 Å². The highest BCUT2D eigenvalue weighted by atomic mass is 16.2. The Bertz CT molecular complexity index is 992. The van der Waals surface area contributed by atoms with Crippen molar-refractivity contribution in [3.8, 4) is 17.3 Å². The lowest BCUT2D eigenvalue weighted by atomic mass is 9.93. The number of aromatic nitrogens is 2. The van der Waals surface area contributed by atoms with E-state index in [0.29, 0.717) is 0 Å². The molecular weight excluding hydrogens is 398 g/mol. The van der Waals surface area contributed by atoms with Gasteiger partial charge in [0.2, 0.25) is 11.7 Å². The average Bonchev–Trinajstić information content (AvgIpc) is 2.82. The fraction of sp³-hybridized carbons (Fsp3) is 0.538. The third-order valence-corrected chi connectivity index (χ3v) is 6.69. The second kappa shape index (κ2) is 10.7. The molecule has 32 heavy (non-hydrogen) atoms. The highest BCUT2D eigenvalue weighted by Crippen LogP contribution is 2.31. The number of nitrogens with zero attached hydrogens (tertiary/aromatic N) is 5. The minimum absolute atomic E-state index is 0.0224. The van der Waals surface area contributed by atoms with E-state index in [1.54, 1.807) is 0 Å². The molecule has 0 radical (unpaired) electrons. The first-order chi connectivity index (χ1) is 15.4. The molecule has 1 aliphatic heterocycles. The Hall–Kier alpha value is -2.78. The van der Waals surface area contributed by atoms with Gasteiger partial charge in [-0.15, -0.1) is 0 Å². The van der Waals surface area contributed by atoms with E-state index in [4.69, 9.17) is 0 Å². The Kier molecular flexibility index (Phi) is 7.98. The van der Waals surface area contributed by atoms with Crippen LogP contribution in [0, 0.1) is 31.1 Å². The van der Waals surface area contributed by atoms with E-state index in [1.165, 1.54) is 11.1 Å². The number of likely N-dealkylation sites (tertiary alicyclic amines) is 1. The molecule has 0 N–H and O–H groups in total. The van der Waals surface area contributed by atoms with Crippen molar-refractivity contribution >= 4 is 5.91 Å². The molecule has 1 aliphatic rings. The number of hydrogen-bond acceptors (Lipinski definition) is 5. The fourth-order valence-electron chi connectivity index (χ4n) is 4.67. The standard InChI is InChI=1S/C26H35N5O/c1-6-24(31-13-9-10-21(17-31)26(32)30(7-2)8-3)23-15-22(28-25(16-27)29-23)20-12-11-18(4)19(5)14-20/h11-12,14-15,21,24H,6-10,13,17H2,1-5H3. The van der Waals surface area contributed by atoms with Gasteiger partial charge in [-0.25, -0.2) is 9.97 Å². The molecular formula is C26H35N5O. The SMILES string of the molecule is CCC(c1cc(-c2ccc(C)c(C)c2)nc(C#N)n1)N1CCCC(C(=O)N(CC)CC)C1. The smallest absolute Gasteiger partial charge is 0.233 e. The van der Waals surface area contributed by atoms with E-state index >= 15 is 0 Å². The normalized spacial score (nSPS) is 17.6. The average molecular weight is 434 g/mol. The Balaban J connectivity index is 1.91. The van der Waals surface area contributed by atoms with Crippen LogP contribution in [0.5, 0.6) is 0 Å². The van der Waals surface area contributed by atoms with Crippen molar-refractivity contribution < 1.29 is 4.79 Å². The van der Waals surface area contributed by atoms with Crippen molar-refractivity contribution in [3.63, 3.8) is 0 Å². The second-order valence-corrected chi connectivity index (χ2v) is 8.68. The van der Waals surface area contributed by atoms with Gasteiger partial charge in [-0.2, -0.15) is 5.26 Å². The van der Waals surface area contributed by atoms with Gasteiger partial charge in [0.25, 0.3) is 0 Å². The number of carbonyl (C=O) groups excluding carboxylic acids is 1. The van der Waals surface area contributed by atoms with Gasteiger partial charge in [-0.1, -0.05) is 19.1 Å². The van der Waals surface area contributed by atoms with Crippen molar-refractivity contribution in [2.45, 2.75) is 59.9 Å². The zero-order valence-electron chi connectivity index (χ0n) is 20.1. The molecule has 1 fully saturated rings. The van der Waals surface area contributed by atoms with Gasteiger partial charge in [0.15, 0.2) is 0 Å². The number of rotatable bonds is 7. The fourth-order valence-corrected chi connectivity index (χ4v) is 4.67. The first-order valence-corrected chi connectivity index (χ1v) is 11.8. The molecule has 0 aliphatic carbocycles. The summed E-state index contributed by atoms with van der Waals surface area (Å²) in [5, 5.41) is 9.59. The van der Waals surface area contributed by atoms with E-state index in [1.807, 2.05) is 24.8 Å². The number of aryl methyl sites for hydroxylation is 2. The Labute approximate surface area is 192 Å². The van der Waals surface area contributed by atoms with Crippen LogP contribution in [0.15, 0.2) is 24.3 Å². The summed E-state index contributed by atoms with van der Waals surface area (Å²) in [6, 6.07) is 10.5. The van der Waals surface area contributed by atoms with Crippen molar-refractivity contribution in [3.05, 3.63) is 46.9 Å². The highest BCUT2D eigenvalue weighted by molar-refractivity contribution is 5.79. The zero-order chi connectivity index (χ0) is 23.3. The highest BCUT2D eigenvalue weighted by Gasteiger charge is 2.32. The maximum absolute atomic E-state index is 13.0. The molecule has 1 saturated heterocycles. The van der Waals surface area contributed by atoms with Gasteiger partial charge < -0.3 is 4.90 Å². The van der Waals surface area contributed by atoms with Crippen LogP contribution < -0.4 is 0 Å². The lowest BCUT2D eigenvalue weighted by Gasteiger charge is -2.38. The van der Waals surface area contributed by atoms with Gasteiger partial charge in [0.05, 0.1) is 23.3 Å². The van der Waals surface area contributed by atoms with Crippen LogP contribution in [-0.4, -0.2) is 51.9 Å². The molecule has 0 saturated carbocycles. The van der Waals surface area contributed by atoms with Gasteiger partial charge in [-0.3, -0.25) is 9.69 Å². The largest absolute Gasteiger partial charge is 0.343 e. The van der Waals surface area contributed by atoms with Gasteiger partial charge in [0, 0.05) is 25.2 Å². The van der Waals surface area contributed by atoms with Crippen LogP contribution >= 0.6 is 0 Å². The van der Waals surface area contributed by atoms with E-state index in [9.17, 15) is 10.1 Å². The maximum Gasteiger partial charge on any atom is 0.233 e. The number of carbonyl (C=O) groups is 1. The van der Waals surface area contributed by atoms with Crippen LogP contribution in [0.1, 0.15) is 68.7 Å². The summed E-state index contributed by atoms with van der Waals surface area (Å²) in [6.07, 6.45) is 2.79. The minimum atomic E-state index is 0.0224. The Morgan fingerprint density at radius 3 is 2.56 bits per heavy atom. The molecule has 2 unspecified atom stereocenters. The summed E-state index contributed by atoms with van der Waals surface area (Å²) in [4.78, 5) is 26.4. The molecule has 2 atom stereocenters. The number of hydrogen-bond donors (Lipinski definition) is 0. The third kappa shape index (κ3) is 5.16. The van der Waals surface area contributed by atoms with Gasteiger partial charge in [0.1, 0.15) is 6.07 Å². The van der Waals surface area contributed by atoms with E-state index < -0.39 is 0 Å². The summed E-state index contributed by atoms with van der Waals surface area (Å²) in [7, 11) is 0. The minimum Gasteiger partial charge on any atom is -0.343 e. The molecule has 170 valence electrons. The number of benzene rings is 1. The van der Waals surface area contributed by atoms with Crippen LogP contribution in [-0.2, 0) is 4.79 Å². The number of piperidine rings is 1. The summed E-state index contributed by atoms with van der Waals surface area (Å²) >= 11 is 0. The molecule has 0 spiro atoms. The lowest BCUT2D eigenvalue weighted by Crippen LogP contribution is -2.46. The molecule has 2 heterocycles. The predicted molar refractivity (Wildman–Crippen MR) is 127 cm³/mol. The first kappa shape index (κ1) is 23.9. The monoisotopic (exact) mass is 433 g/mol. The van der Waals surface area contributed by atoms with Crippen molar-refractivity contribution in [2.24, 2.45) is 5.92 Å². The molecule has 1 aromatic heterocycles. The molecule has 2 aromatic rings. The number of nitriles is 1. The maximum atomic E-state index is 13.0. The summed E-state index contributed by atoms with van der Waals surface area (Å²) in [5.74, 6) is 0.474. The Morgan fingerprint density at radius 2 is 1.94 bits per heavy atom. The van der Waals surface area contributed by atoms with Gasteiger partial charge in [-0.05, 0) is 76.8 Å². The van der Waals surface area contributed by atoms with Crippen LogP contribution in [0.2, 0.25) is 0 Å². The van der Waals surface area contributed by atoms with Crippen LogP contribution in [0.25, 0.3) is 11.3 Å².